The number of rotatable bonds is 0. The standard InChI is InChI=1S/C19H16N2O2.C2H6.CH2O/c1-11-14-4-2-3-5-16(14)20-19-15(11)9-21-8-13-10-23-18(22)7-12(13)6-17(19)21;2*1-2/h2-6H,7-10H2,1H3;1-2H3;1H2. The summed E-state index contributed by atoms with van der Waals surface area (Å²) in [6.07, 6.45) is 2.53. The number of cyclic esters (lactones) is 1. The number of ether oxygens (including phenoxy) is 1. The molecule has 0 saturated heterocycles. The van der Waals surface area contributed by atoms with Crippen LogP contribution in [0.2, 0.25) is 0 Å². The van der Waals surface area contributed by atoms with Gasteiger partial charge in [-0.1, -0.05) is 32.0 Å². The van der Waals surface area contributed by atoms with Gasteiger partial charge < -0.3 is 14.4 Å². The number of benzene rings is 1. The zero-order chi connectivity index (χ0) is 19.6. The van der Waals surface area contributed by atoms with Crippen LogP contribution in [0.1, 0.15) is 37.1 Å². The quantitative estimate of drug-likeness (QED) is 0.666. The molecule has 0 fully saturated rings. The van der Waals surface area contributed by atoms with Gasteiger partial charge in [0.2, 0.25) is 0 Å². The van der Waals surface area contributed by atoms with Crippen molar-refractivity contribution in [2.45, 2.75) is 33.7 Å². The molecule has 0 unspecified atom stereocenters. The van der Waals surface area contributed by atoms with Gasteiger partial charge in [0.1, 0.15) is 13.4 Å². The molecule has 140 valence electrons. The fourth-order valence-corrected chi connectivity index (χ4v) is 3.84. The topological polar surface area (TPSA) is 59.5 Å². The molecule has 5 rings (SSSR count). The molecular weight excluding hydrogens is 340 g/mol. The number of aryl methyl sites for hydroxylation is 1. The van der Waals surface area contributed by atoms with E-state index >= 15 is 0 Å². The van der Waals surface area contributed by atoms with E-state index in [-0.39, 0.29) is 5.97 Å². The molecule has 0 bridgehead atoms. The molecule has 3 aliphatic rings. The number of carbonyl (C=O) groups is 2. The van der Waals surface area contributed by atoms with E-state index in [4.69, 9.17) is 14.5 Å². The second kappa shape index (κ2) is 7.74. The zero-order valence-electron chi connectivity index (χ0n) is 16.0. The Morgan fingerprint density at radius 3 is 2.67 bits per heavy atom. The third-order valence-electron chi connectivity index (χ3n) is 5.10. The minimum absolute atomic E-state index is 0.130. The molecule has 0 aliphatic carbocycles. The van der Waals surface area contributed by atoms with Crippen LogP contribution in [-0.2, 0) is 20.9 Å². The summed E-state index contributed by atoms with van der Waals surface area (Å²) in [7, 11) is 0. The Labute approximate surface area is 159 Å². The summed E-state index contributed by atoms with van der Waals surface area (Å²) in [6.45, 7) is 10.3. The zero-order valence-corrected chi connectivity index (χ0v) is 16.0. The third-order valence-corrected chi connectivity index (χ3v) is 5.10. The summed E-state index contributed by atoms with van der Waals surface area (Å²) < 4.78 is 5.19. The lowest BCUT2D eigenvalue weighted by atomic mass is 9.97. The number of hydrogen-bond donors (Lipinski definition) is 0. The summed E-state index contributed by atoms with van der Waals surface area (Å²) in [6, 6.07) is 8.30. The normalized spacial score (nSPS) is 16.8. The maximum Gasteiger partial charge on any atom is 0.310 e. The summed E-state index contributed by atoms with van der Waals surface area (Å²) in [5.41, 5.74) is 8.23. The van der Waals surface area contributed by atoms with E-state index in [0.29, 0.717) is 13.0 Å². The van der Waals surface area contributed by atoms with Gasteiger partial charge in [-0.15, -0.1) is 0 Å². The molecule has 5 heteroatoms. The Kier molecular flexibility index (Phi) is 5.40. The highest BCUT2D eigenvalue weighted by Crippen LogP contribution is 2.40. The lowest BCUT2D eigenvalue weighted by molar-refractivity contribution is -0.142. The molecule has 0 saturated carbocycles. The van der Waals surface area contributed by atoms with Crippen LogP contribution in [0.5, 0.6) is 0 Å². The Morgan fingerprint density at radius 1 is 1.15 bits per heavy atom. The van der Waals surface area contributed by atoms with Crippen molar-refractivity contribution >= 4 is 29.4 Å². The van der Waals surface area contributed by atoms with Crippen molar-refractivity contribution in [1.82, 2.24) is 9.88 Å². The number of nitrogens with zero attached hydrogens (tertiary/aromatic N) is 2. The lowest BCUT2D eigenvalue weighted by Gasteiger charge is -2.30. The van der Waals surface area contributed by atoms with E-state index in [1.54, 1.807) is 0 Å². The lowest BCUT2D eigenvalue weighted by Crippen LogP contribution is -2.29. The fraction of sp³-hybridized carbons (Fsp3) is 0.318. The smallest absolute Gasteiger partial charge is 0.310 e. The molecule has 0 N–H and O–H groups in total. The van der Waals surface area contributed by atoms with Gasteiger partial charge in [-0.25, -0.2) is 4.98 Å². The molecule has 5 nitrogen and oxygen atoms in total. The van der Waals surface area contributed by atoms with Crippen molar-refractivity contribution in [1.29, 1.82) is 0 Å². The van der Waals surface area contributed by atoms with Crippen LogP contribution >= 0.6 is 0 Å². The number of pyridine rings is 1. The first kappa shape index (κ1) is 18.8. The minimum Gasteiger partial charge on any atom is -0.461 e. The van der Waals surface area contributed by atoms with Crippen LogP contribution in [-0.4, -0.2) is 35.8 Å². The molecular formula is C22H24N2O3. The summed E-state index contributed by atoms with van der Waals surface area (Å²) in [5.74, 6) is -0.130. The second-order valence-corrected chi connectivity index (χ2v) is 6.43. The van der Waals surface area contributed by atoms with E-state index in [9.17, 15) is 4.79 Å². The molecule has 0 amide bonds. The largest absolute Gasteiger partial charge is 0.461 e. The van der Waals surface area contributed by atoms with Gasteiger partial charge in [0.25, 0.3) is 0 Å². The van der Waals surface area contributed by atoms with Crippen molar-refractivity contribution in [3.63, 3.8) is 0 Å². The van der Waals surface area contributed by atoms with Crippen LogP contribution in [0.15, 0.2) is 41.5 Å². The average Bonchev–Trinajstić information content (AvgIpc) is 3.07. The van der Waals surface area contributed by atoms with Gasteiger partial charge in [-0.05, 0) is 35.8 Å². The van der Waals surface area contributed by atoms with E-state index in [1.807, 2.05) is 26.7 Å². The van der Waals surface area contributed by atoms with Gasteiger partial charge in [0, 0.05) is 24.0 Å². The van der Waals surface area contributed by atoms with Crippen molar-refractivity contribution in [2.75, 3.05) is 13.2 Å². The van der Waals surface area contributed by atoms with Crippen LogP contribution in [0.4, 0.5) is 0 Å². The van der Waals surface area contributed by atoms with Gasteiger partial charge in [-0.3, -0.25) is 4.79 Å². The molecule has 0 spiro atoms. The summed E-state index contributed by atoms with van der Waals surface area (Å²) in [5, 5.41) is 1.22. The number of para-hydroxylation sites is 1. The first-order valence-electron chi connectivity index (χ1n) is 9.21. The number of esters is 1. The Hall–Kier alpha value is -2.95. The minimum atomic E-state index is -0.130. The van der Waals surface area contributed by atoms with Crippen molar-refractivity contribution in [3.05, 3.63) is 58.3 Å². The van der Waals surface area contributed by atoms with E-state index in [0.717, 1.165) is 35.6 Å². The number of allylic oxidation sites excluding steroid dienone is 1. The van der Waals surface area contributed by atoms with E-state index in [1.165, 1.54) is 22.1 Å². The van der Waals surface area contributed by atoms with Crippen LogP contribution in [0.3, 0.4) is 0 Å². The average molecular weight is 364 g/mol. The first-order valence-corrected chi connectivity index (χ1v) is 9.21. The SMILES string of the molecule is C=O.CC.Cc1c2c(nc3ccccc13)C1=CC3=C(COC(=O)C3)CN1C2. The number of hydrogen-bond acceptors (Lipinski definition) is 5. The predicted molar refractivity (Wildman–Crippen MR) is 106 cm³/mol. The molecule has 1 aromatic carbocycles. The van der Waals surface area contributed by atoms with Crippen LogP contribution in [0.25, 0.3) is 16.6 Å². The third kappa shape index (κ3) is 3.14. The van der Waals surface area contributed by atoms with Gasteiger partial charge in [0.05, 0.1) is 23.3 Å². The number of aromatic nitrogens is 1. The Morgan fingerprint density at radius 2 is 1.89 bits per heavy atom. The number of carbonyl (C=O) groups excluding carboxylic acids is 2. The highest BCUT2D eigenvalue weighted by atomic mass is 16.5. The summed E-state index contributed by atoms with van der Waals surface area (Å²) in [4.78, 5) is 26.8. The van der Waals surface area contributed by atoms with Crippen LogP contribution < -0.4 is 0 Å². The van der Waals surface area contributed by atoms with E-state index < -0.39 is 0 Å². The fourth-order valence-electron chi connectivity index (χ4n) is 3.84. The van der Waals surface area contributed by atoms with Crippen molar-refractivity contribution in [2.24, 2.45) is 0 Å². The molecule has 1 aromatic heterocycles. The van der Waals surface area contributed by atoms with Gasteiger partial charge in [0.15, 0.2) is 0 Å². The maximum atomic E-state index is 11.6. The first-order chi connectivity index (χ1) is 13.2. The number of fused-ring (bicyclic) bond motifs is 4. The van der Waals surface area contributed by atoms with Crippen molar-refractivity contribution in [3.8, 4) is 0 Å². The highest BCUT2D eigenvalue weighted by molar-refractivity contribution is 5.88. The molecule has 3 aliphatic heterocycles. The highest BCUT2D eigenvalue weighted by Gasteiger charge is 2.33. The molecule has 0 radical (unpaired) electrons. The monoisotopic (exact) mass is 364 g/mol. The van der Waals surface area contributed by atoms with Gasteiger partial charge in [-0.2, -0.15) is 0 Å². The molecule has 27 heavy (non-hydrogen) atoms. The predicted octanol–water partition coefficient (Wildman–Crippen LogP) is 3.80. The summed E-state index contributed by atoms with van der Waals surface area (Å²) >= 11 is 0. The van der Waals surface area contributed by atoms with Gasteiger partial charge >= 0.3 is 5.97 Å². The second-order valence-electron chi connectivity index (χ2n) is 6.43. The van der Waals surface area contributed by atoms with Crippen molar-refractivity contribution < 1.29 is 14.3 Å². The Balaban J connectivity index is 0.000000495. The molecule has 2 aromatic rings. The maximum absolute atomic E-state index is 11.6. The Bertz CT molecular complexity index is 959. The van der Waals surface area contributed by atoms with E-state index in [2.05, 4.69) is 36.1 Å². The molecule has 0 atom stereocenters. The van der Waals surface area contributed by atoms with Crippen LogP contribution in [0, 0.1) is 6.92 Å². The molecule has 4 heterocycles.